The summed E-state index contributed by atoms with van der Waals surface area (Å²) in [5.74, 6) is 0.795. The van der Waals surface area contributed by atoms with Crippen molar-refractivity contribution < 1.29 is 8.95 Å². The number of rotatable bonds is 5. The molecule has 0 N–H and O–H groups in total. The van der Waals surface area contributed by atoms with Crippen LogP contribution >= 0.6 is 11.8 Å². The van der Waals surface area contributed by atoms with Crippen molar-refractivity contribution >= 4 is 28.1 Å². The highest BCUT2D eigenvalue weighted by molar-refractivity contribution is 8.16. The number of hydrogen-bond donors (Lipinski definition) is 0. The van der Waals surface area contributed by atoms with Gasteiger partial charge in [0.25, 0.3) is 0 Å². The second-order valence-corrected chi connectivity index (χ2v) is 6.81. The predicted octanol–water partition coefficient (Wildman–Crippen LogP) is 4.15. The number of hydrogen-bond acceptors (Lipinski definition) is 3. The minimum atomic E-state index is -1.04. The van der Waals surface area contributed by atoms with Gasteiger partial charge >= 0.3 is 0 Å². The van der Waals surface area contributed by atoms with Crippen LogP contribution in [-0.2, 0) is 10.8 Å². The van der Waals surface area contributed by atoms with Crippen LogP contribution in [0.25, 0.3) is 5.57 Å². The van der Waals surface area contributed by atoms with Gasteiger partial charge in [0.05, 0.1) is 22.1 Å². The van der Waals surface area contributed by atoms with E-state index >= 15 is 0 Å². The quantitative estimate of drug-likeness (QED) is 0.828. The Hall–Kier alpha value is -1.52. The molecule has 0 spiro atoms. The molecule has 1 unspecified atom stereocenters. The fourth-order valence-electron chi connectivity index (χ4n) is 2.15. The Balaban J connectivity index is 2.69. The fourth-order valence-corrected chi connectivity index (χ4v) is 4.05. The minimum absolute atomic E-state index is 0.795. The zero-order chi connectivity index (χ0) is 15.2. The van der Waals surface area contributed by atoms with Gasteiger partial charge in [-0.25, -0.2) is 0 Å². The van der Waals surface area contributed by atoms with E-state index in [1.165, 1.54) is 11.8 Å². The molecule has 0 heterocycles. The maximum Gasteiger partial charge on any atom is 0.119 e. The summed E-state index contributed by atoms with van der Waals surface area (Å²) in [4.78, 5) is 0. The molecule has 4 heteroatoms. The molecule has 0 amide bonds. The van der Waals surface area contributed by atoms with Crippen LogP contribution in [0.2, 0.25) is 0 Å². The van der Waals surface area contributed by atoms with Crippen LogP contribution in [0.4, 0.5) is 0 Å². The van der Waals surface area contributed by atoms with Gasteiger partial charge in [-0.05, 0) is 29.5 Å². The van der Waals surface area contributed by atoms with Crippen LogP contribution in [-0.4, -0.2) is 23.8 Å². The maximum absolute atomic E-state index is 12.1. The number of thioether (sulfide) groups is 1. The van der Waals surface area contributed by atoms with Gasteiger partial charge in [-0.2, -0.15) is 0 Å². The van der Waals surface area contributed by atoms with Crippen LogP contribution in [0.15, 0.2) is 58.8 Å². The van der Waals surface area contributed by atoms with Crippen molar-refractivity contribution in [3.63, 3.8) is 0 Å². The van der Waals surface area contributed by atoms with Crippen LogP contribution in [0.5, 0.6) is 5.75 Å². The smallest absolute Gasteiger partial charge is 0.119 e. The topological polar surface area (TPSA) is 26.3 Å². The molecule has 2 rings (SSSR count). The Morgan fingerprint density at radius 2 is 1.71 bits per heavy atom. The monoisotopic (exact) mass is 318 g/mol. The highest BCUT2D eigenvalue weighted by atomic mass is 32.2. The Bertz CT molecular complexity index is 664. The average Bonchev–Trinajstić information content (AvgIpc) is 2.53. The third-order valence-electron chi connectivity index (χ3n) is 3.07. The summed E-state index contributed by atoms with van der Waals surface area (Å²) in [6.45, 7) is 0. The molecule has 0 saturated heterocycles. The molecule has 2 nitrogen and oxygen atoms in total. The third kappa shape index (κ3) is 3.77. The average molecular weight is 318 g/mol. The molecule has 0 fully saturated rings. The van der Waals surface area contributed by atoms with E-state index in [9.17, 15) is 4.21 Å². The zero-order valence-electron chi connectivity index (χ0n) is 12.3. The second-order valence-electron chi connectivity index (χ2n) is 4.42. The summed E-state index contributed by atoms with van der Waals surface area (Å²) in [5.41, 5.74) is 3.08. The Morgan fingerprint density at radius 3 is 2.29 bits per heavy atom. The molecule has 0 aliphatic rings. The van der Waals surface area contributed by atoms with E-state index in [2.05, 4.69) is 0 Å². The minimum Gasteiger partial charge on any atom is -0.497 e. The van der Waals surface area contributed by atoms with Gasteiger partial charge in [-0.15, -0.1) is 11.8 Å². The number of ether oxygens (including phenoxy) is 1. The van der Waals surface area contributed by atoms with Crippen molar-refractivity contribution in [3.8, 4) is 5.75 Å². The van der Waals surface area contributed by atoms with E-state index in [1.807, 2.05) is 60.9 Å². The summed E-state index contributed by atoms with van der Waals surface area (Å²) >= 11 is 1.53. The molecule has 2 aromatic carbocycles. The molecule has 21 heavy (non-hydrogen) atoms. The lowest BCUT2D eigenvalue weighted by molar-refractivity contribution is 0.414. The molecule has 0 aliphatic heterocycles. The lowest BCUT2D eigenvalue weighted by Crippen LogP contribution is -1.97. The van der Waals surface area contributed by atoms with E-state index in [0.717, 1.165) is 26.7 Å². The molecule has 2 aromatic rings. The Labute approximate surface area is 132 Å². The van der Waals surface area contributed by atoms with Gasteiger partial charge in [0.15, 0.2) is 0 Å². The summed E-state index contributed by atoms with van der Waals surface area (Å²) < 4.78 is 18.3. The Morgan fingerprint density at radius 1 is 1.05 bits per heavy atom. The van der Waals surface area contributed by atoms with E-state index in [1.54, 1.807) is 13.4 Å². The molecule has 1 atom stereocenters. The first-order chi connectivity index (χ1) is 10.2. The van der Waals surface area contributed by atoms with Gasteiger partial charge in [-0.1, -0.05) is 42.5 Å². The molecular weight excluding hydrogens is 300 g/mol. The van der Waals surface area contributed by atoms with Gasteiger partial charge in [0, 0.05) is 11.8 Å². The number of methoxy groups -OCH3 is 1. The molecule has 0 bridgehead atoms. The predicted molar refractivity (Wildman–Crippen MR) is 93.0 cm³/mol. The van der Waals surface area contributed by atoms with E-state index in [-0.39, 0.29) is 0 Å². The normalized spacial score (nSPS) is 13.5. The lowest BCUT2D eigenvalue weighted by atomic mass is 9.99. The van der Waals surface area contributed by atoms with Crippen molar-refractivity contribution in [1.82, 2.24) is 0 Å². The van der Waals surface area contributed by atoms with E-state index in [4.69, 9.17) is 4.74 Å². The maximum atomic E-state index is 12.1. The van der Waals surface area contributed by atoms with Crippen LogP contribution in [0.1, 0.15) is 11.1 Å². The second kappa shape index (κ2) is 7.48. The number of benzene rings is 2. The van der Waals surface area contributed by atoms with Crippen molar-refractivity contribution in [1.29, 1.82) is 0 Å². The first kappa shape index (κ1) is 15.9. The van der Waals surface area contributed by atoms with Crippen molar-refractivity contribution in [2.24, 2.45) is 0 Å². The van der Waals surface area contributed by atoms with Crippen LogP contribution < -0.4 is 4.74 Å². The van der Waals surface area contributed by atoms with Gasteiger partial charge in [-0.3, -0.25) is 4.21 Å². The molecule has 0 aromatic heterocycles. The van der Waals surface area contributed by atoms with Crippen LogP contribution in [0, 0.1) is 0 Å². The van der Waals surface area contributed by atoms with Crippen LogP contribution in [0.3, 0.4) is 0 Å². The van der Waals surface area contributed by atoms with Gasteiger partial charge < -0.3 is 4.74 Å². The largest absolute Gasteiger partial charge is 0.497 e. The summed E-state index contributed by atoms with van der Waals surface area (Å²) in [6, 6.07) is 17.9. The fraction of sp³-hybridized carbons (Fsp3) is 0.176. The summed E-state index contributed by atoms with van der Waals surface area (Å²) in [7, 11) is 0.610. The molecule has 110 valence electrons. The molecular formula is C17H18O2S2. The van der Waals surface area contributed by atoms with Crippen molar-refractivity contribution in [3.05, 3.63) is 70.0 Å². The molecule has 0 aliphatic carbocycles. The van der Waals surface area contributed by atoms with Crippen molar-refractivity contribution in [2.45, 2.75) is 0 Å². The lowest BCUT2D eigenvalue weighted by Gasteiger charge is -2.14. The first-order valence-corrected chi connectivity index (χ1v) is 9.27. The Kier molecular flexibility index (Phi) is 5.65. The highest BCUT2D eigenvalue weighted by Gasteiger charge is 2.14. The highest BCUT2D eigenvalue weighted by Crippen LogP contribution is 2.34. The third-order valence-corrected chi connectivity index (χ3v) is 5.58. The standard InChI is InChI=1S/C17H18O2S2/c1-19-15-11-7-10-14(12-15)16(17(20-2)21(3)18)13-8-5-4-6-9-13/h4-12H,1-3H3/b17-16-. The SMILES string of the molecule is COc1cccc(/C(=C(/SC)S(C)=O)c2ccccc2)c1. The molecule has 0 saturated carbocycles. The summed E-state index contributed by atoms with van der Waals surface area (Å²) in [5, 5.41) is 0. The first-order valence-electron chi connectivity index (χ1n) is 6.49. The van der Waals surface area contributed by atoms with Gasteiger partial charge in [0.1, 0.15) is 5.75 Å². The van der Waals surface area contributed by atoms with E-state index < -0.39 is 10.8 Å². The zero-order valence-corrected chi connectivity index (χ0v) is 14.0. The summed E-state index contributed by atoms with van der Waals surface area (Å²) in [6.07, 6.45) is 3.68. The van der Waals surface area contributed by atoms with Gasteiger partial charge in [0.2, 0.25) is 0 Å². The van der Waals surface area contributed by atoms with E-state index in [0.29, 0.717) is 0 Å². The van der Waals surface area contributed by atoms with Crippen molar-refractivity contribution in [2.75, 3.05) is 19.6 Å². The molecule has 0 radical (unpaired) electrons.